The van der Waals surface area contributed by atoms with Crippen LogP contribution in [0, 0.1) is 6.92 Å². The third-order valence-corrected chi connectivity index (χ3v) is 4.60. The average molecular weight is 412 g/mol. The first kappa shape index (κ1) is 20.8. The summed E-state index contributed by atoms with van der Waals surface area (Å²) >= 11 is 6.03. The van der Waals surface area contributed by atoms with E-state index in [1.807, 2.05) is 57.3 Å². The van der Waals surface area contributed by atoms with Gasteiger partial charge in [0.15, 0.2) is 0 Å². The van der Waals surface area contributed by atoms with E-state index in [9.17, 15) is 4.79 Å². The van der Waals surface area contributed by atoms with Gasteiger partial charge in [-0.1, -0.05) is 48.0 Å². The minimum Gasteiger partial charge on any atom is -0.443 e. The van der Waals surface area contributed by atoms with Gasteiger partial charge in [0.25, 0.3) is 0 Å². The zero-order chi connectivity index (χ0) is 21.0. The van der Waals surface area contributed by atoms with Crippen LogP contribution in [0.2, 0.25) is 5.15 Å². The predicted octanol–water partition coefficient (Wildman–Crippen LogP) is 6.43. The van der Waals surface area contributed by atoms with Crippen LogP contribution in [0.1, 0.15) is 26.3 Å². The van der Waals surface area contributed by atoms with E-state index in [1.165, 1.54) is 16.0 Å². The number of amides is 1. The Kier molecular flexibility index (Phi) is 6.18. The van der Waals surface area contributed by atoms with Crippen LogP contribution in [0.3, 0.4) is 0 Å². The Hall–Kier alpha value is -2.92. The number of nitrogens with one attached hydrogen (secondary N) is 2. The minimum atomic E-state index is -0.425. The van der Waals surface area contributed by atoms with Gasteiger partial charge in [-0.3, -0.25) is 4.90 Å². The zero-order valence-corrected chi connectivity index (χ0v) is 17.9. The van der Waals surface area contributed by atoms with E-state index in [2.05, 4.69) is 35.1 Å². The van der Waals surface area contributed by atoms with E-state index in [-0.39, 0.29) is 6.09 Å². The van der Waals surface area contributed by atoms with E-state index in [4.69, 9.17) is 16.3 Å². The van der Waals surface area contributed by atoms with Gasteiger partial charge in [-0.05, 0) is 45.4 Å². The smallest absolute Gasteiger partial charge is 0.414 e. The fourth-order valence-electron chi connectivity index (χ4n) is 2.92. The van der Waals surface area contributed by atoms with Crippen LogP contribution in [0.5, 0.6) is 0 Å². The lowest BCUT2D eigenvalue weighted by Crippen LogP contribution is -2.34. The number of aromatic nitrogens is 2. The molecular formula is C23H26ClN3O2. The molecule has 0 radical (unpaired) electrons. The molecular weight excluding hydrogens is 386 g/mol. The van der Waals surface area contributed by atoms with Gasteiger partial charge in [0.1, 0.15) is 10.8 Å². The molecule has 5 nitrogen and oxygen atoms in total. The number of H-pyrrole nitrogens is 2. The number of hydrogen-bond acceptors (Lipinski definition) is 2. The molecule has 3 heterocycles. The maximum absolute atomic E-state index is 11.4. The largest absolute Gasteiger partial charge is 0.443 e. The Morgan fingerprint density at radius 2 is 1.97 bits per heavy atom. The number of halogens is 1. The summed E-state index contributed by atoms with van der Waals surface area (Å²) < 4.78 is 5.18. The van der Waals surface area contributed by atoms with Gasteiger partial charge in [-0.2, -0.15) is 0 Å². The van der Waals surface area contributed by atoms with Crippen molar-refractivity contribution in [3.8, 4) is 11.3 Å². The average Bonchev–Trinajstić information content (AvgIpc) is 3.24. The third-order valence-electron chi connectivity index (χ3n) is 4.30. The van der Waals surface area contributed by atoms with Crippen molar-refractivity contribution in [2.45, 2.75) is 33.3 Å². The second-order valence-electron chi connectivity index (χ2n) is 7.83. The molecule has 1 aromatic carbocycles. The third kappa shape index (κ3) is 5.33. The molecule has 152 valence electrons. The number of rotatable bonds is 1. The molecule has 0 fully saturated rings. The molecule has 1 amide bonds. The molecule has 0 atom stereocenters. The molecule has 0 saturated heterocycles. The number of carbonyl (C=O) groups is 1. The molecule has 0 aliphatic carbocycles. The van der Waals surface area contributed by atoms with Gasteiger partial charge in [0, 0.05) is 35.6 Å². The molecule has 0 saturated carbocycles. The maximum atomic E-state index is 11.4. The predicted molar refractivity (Wildman–Crippen MR) is 119 cm³/mol. The monoisotopic (exact) mass is 411 g/mol. The van der Waals surface area contributed by atoms with E-state index in [1.54, 1.807) is 6.20 Å². The van der Waals surface area contributed by atoms with Crippen molar-refractivity contribution in [2.24, 2.45) is 0 Å². The van der Waals surface area contributed by atoms with Crippen molar-refractivity contribution in [3.05, 3.63) is 71.7 Å². The molecule has 0 spiro atoms. The Labute approximate surface area is 176 Å². The van der Waals surface area contributed by atoms with E-state index < -0.39 is 5.60 Å². The lowest BCUT2D eigenvalue weighted by Gasteiger charge is -2.25. The van der Waals surface area contributed by atoms with Crippen LogP contribution in [0.15, 0.2) is 61.0 Å². The van der Waals surface area contributed by atoms with Gasteiger partial charge in [-0.15, -0.1) is 0 Å². The van der Waals surface area contributed by atoms with Crippen molar-refractivity contribution in [3.63, 3.8) is 0 Å². The second kappa shape index (κ2) is 8.62. The number of allylic oxidation sites excluding steroid dienone is 2. The number of aromatic amines is 2. The number of benzene rings is 1. The van der Waals surface area contributed by atoms with Gasteiger partial charge < -0.3 is 14.7 Å². The molecule has 0 unspecified atom stereocenters. The number of ether oxygens (including phenoxy) is 1. The van der Waals surface area contributed by atoms with Crippen molar-refractivity contribution in [1.82, 2.24) is 14.9 Å². The van der Waals surface area contributed by atoms with Crippen LogP contribution < -0.4 is 0 Å². The van der Waals surface area contributed by atoms with Crippen LogP contribution in [0.25, 0.3) is 22.2 Å². The van der Waals surface area contributed by atoms with Crippen molar-refractivity contribution in [2.75, 3.05) is 6.54 Å². The molecule has 1 aliphatic rings. The van der Waals surface area contributed by atoms with Gasteiger partial charge in [0.2, 0.25) is 0 Å². The first-order chi connectivity index (χ1) is 13.7. The lowest BCUT2D eigenvalue weighted by atomic mass is 10.1. The van der Waals surface area contributed by atoms with Gasteiger partial charge >= 0.3 is 6.09 Å². The highest BCUT2D eigenvalue weighted by atomic mass is 35.5. The molecule has 3 aromatic rings. The number of carbonyl (C=O) groups excluding carboxylic acids is 1. The summed E-state index contributed by atoms with van der Waals surface area (Å²) in [6.07, 6.45) is 8.95. The molecule has 29 heavy (non-hydrogen) atoms. The van der Waals surface area contributed by atoms with Gasteiger partial charge in [0.05, 0.1) is 5.52 Å². The SMILES string of the molecule is CC(C)(C)OC(=O)N1C=CC=CC1.Cc1ccccc1-c1cc2c[nH]c(Cl)c2[nH]1. The summed E-state index contributed by atoms with van der Waals surface area (Å²) in [6, 6.07) is 10.4. The molecule has 0 bridgehead atoms. The Balaban J connectivity index is 0.000000170. The first-order valence-electron chi connectivity index (χ1n) is 9.49. The minimum absolute atomic E-state index is 0.298. The summed E-state index contributed by atoms with van der Waals surface area (Å²) in [4.78, 5) is 19.3. The molecule has 6 heteroatoms. The topological polar surface area (TPSA) is 61.1 Å². The fraction of sp³-hybridized carbons (Fsp3) is 0.261. The van der Waals surface area contributed by atoms with Crippen molar-refractivity contribution >= 4 is 28.6 Å². The Bertz CT molecular complexity index is 1050. The number of aryl methyl sites for hydroxylation is 1. The Morgan fingerprint density at radius 3 is 2.59 bits per heavy atom. The number of hydrogen-bond donors (Lipinski definition) is 2. The molecule has 2 aromatic heterocycles. The summed E-state index contributed by atoms with van der Waals surface area (Å²) in [7, 11) is 0. The summed E-state index contributed by atoms with van der Waals surface area (Å²) in [5.41, 5.74) is 4.13. The zero-order valence-electron chi connectivity index (χ0n) is 17.1. The van der Waals surface area contributed by atoms with Gasteiger partial charge in [-0.25, -0.2) is 4.79 Å². The highest BCUT2D eigenvalue weighted by Crippen LogP contribution is 2.29. The molecule has 4 rings (SSSR count). The van der Waals surface area contributed by atoms with Crippen molar-refractivity contribution < 1.29 is 9.53 Å². The van der Waals surface area contributed by atoms with Crippen LogP contribution in [0.4, 0.5) is 4.79 Å². The van der Waals surface area contributed by atoms with Crippen molar-refractivity contribution in [1.29, 1.82) is 0 Å². The summed E-state index contributed by atoms with van der Waals surface area (Å²) in [5.74, 6) is 0. The summed E-state index contributed by atoms with van der Waals surface area (Å²) in [5, 5.41) is 1.78. The van der Waals surface area contributed by atoms with Crippen LogP contribution >= 0.6 is 11.6 Å². The molecule has 2 N–H and O–H groups in total. The molecule has 1 aliphatic heterocycles. The summed E-state index contributed by atoms with van der Waals surface area (Å²) in [6.45, 7) is 8.26. The van der Waals surface area contributed by atoms with E-state index in [0.717, 1.165) is 16.6 Å². The maximum Gasteiger partial charge on any atom is 0.414 e. The number of nitrogens with zero attached hydrogens (tertiary/aromatic N) is 1. The normalized spacial score (nSPS) is 13.3. The number of fused-ring (bicyclic) bond motifs is 1. The quantitative estimate of drug-likeness (QED) is 0.484. The second-order valence-corrected chi connectivity index (χ2v) is 8.21. The highest BCUT2D eigenvalue weighted by Gasteiger charge is 2.20. The fourth-order valence-corrected chi connectivity index (χ4v) is 3.13. The Morgan fingerprint density at radius 1 is 1.21 bits per heavy atom. The first-order valence-corrected chi connectivity index (χ1v) is 9.87. The van der Waals surface area contributed by atoms with E-state index in [0.29, 0.717) is 11.7 Å². The standard InChI is InChI=1S/C13H11ClN2.C10H15NO2/c1-8-4-2-3-5-10(8)11-6-9-7-15-13(14)12(9)16-11;1-10(2,3)13-9(12)11-7-5-4-6-8-11/h2-7,15-16H,1H3;4-7H,8H2,1-3H3. The lowest BCUT2D eigenvalue weighted by molar-refractivity contribution is 0.0350. The van der Waals surface area contributed by atoms with Crippen LogP contribution in [-0.4, -0.2) is 33.1 Å². The van der Waals surface area contributed by atoms with E-state index >= 15 is 0 Å². The van der Waals surface area contributed by atoms with Crippen LogP contribution in [-0.2, 0) is 4.74 Å². The highest BCUT2D eigenvalue weighted by molar-refractivity contribution is 6.34.